The second kappa shape index (κ2) is 7.54. The van der Waals surface area contributed by atoms with E-state index in [-0.39, 0.29) is 18.0 Å². The van der Waals surface area contributed by atoms with Gasteiger partial charge in [-0.15, -0.1) is 0 Å². The zero-order chi connectivity index (χ0) is 20.8. The van der Waals surface area contributed by atoms with Crippen LogP contribution in [-0.2, 0) is 17.9 Å². The molecule has 158 valence electrons. The molecule has 0 aliphatic carbocycles. The van der Waals surface area contributed by atoms with E-state index in [0.717, 1.165) is 50.7 Å². The van der Waals surface area contributed by atoms with Crippen LogP contribution in [0.1, 0.15) is 41.5 Å². The molecule has 30 heavy (non-hydrogen) atoms. The third-order valence-corrected chi connectivity index (χ3v) is 6.98. The van der Waals surface area contributed by atoms with Crippen LogP contribution in [0.25, 0.3) is 0 Å². The first kappa shape index (κ1) is 19.3. The van der Waals surface area contributed by atoms with Crippen LogP contribution in [0.2, 0.25) is 0 Å². The van der Waals surface area contributed by atoms with E-state index in [4.69, 9.17) is 5.73 Å². The van der Waals surface area contributed by atoms with Crippen molar-refractivity contribution in [2.24, 2.45) is 5.73 Å². The zero-order valence-electron chi connectivity index (χ0n) is 17.8. The molecule has 3 aliphatic heterocycles. The Morgan fingerprint density at radius 3 is 2.30 bits per heavy atom. The number of carbonyl (C=O) groups excluding carboxylic acids is 1. The molecule has 7 heteroatoms. The monoisotopic (exact) mass is 406 g/mol. The Balaban J connectivity index is 1.34. The molecule has 4 heterocycles. The molecule has 2 unspecified atom stereocenters. The minimum atomic E-state index is -0.0493. The zero-order valence-corrected chi connectivity index (χ0v) is 17.8. The van der Waals surface area contributed by atoms with Gasteiger partial charge in [0.05, 0.1) is 6.04 Å². The number of fused-ring (bicyclic) bond motifs is 1. The number of aryl methyl sites for hydroxylation is 2. The highest BCUT2D eigenvalue weighted by atomic mass is 16.2. The quantitative estimate of drug-likeness (QED) is 0.841. The Bertz CT molecular complexity index is 945. The van der Waals surface area contributed by atoms with Crippen LogP contribution in [0.15, 0.2) is 24.5 Å². The molecule has 1 aromatic heterocycles. The van der Waals surface area contributed by atoms with Crippen LogP contribution in [0, 0.1) is 13.8 Å². The largest absolute Gasteiger partial charge is 0.353 e. The number of amides is 1. The fourth-order valence-corrected chi connectivity index (χ4v) is 5.16. The van der Waals surface area contributed by atoms with Gasteiger partial charge in [0, 0.05) is 51.3 Å². The van der Waals surface area contributed by atoms with Gasteiger partial charge in [-0.3, -0.25) is 4.79 Å². The van der Waals surface area contributed by atoms with E-state index in [1.54, 1.807) is 6.33 Å². The van der Waals surface area contributed by atoms with Gasteiger partial charge in [0.1, 0.15) is 18.0 Å². The number of hydrogen-bond acceptors (Lipinski definition) is 6. The molecule has 2 N–H and O–H groups in total. The third kappa shape index (κ3) is 3.31. The van der Waals surface area contributed by atoms with Crippen LogP contribution < -0.4 is 15.5 Å². The van der Waals surface area contributed by atoms with Gasteiger partial charge in [-0.25, -0.2) is 9.97 Å². The summed E-state index contributed by atoms with van der Waals surface area (Å²) in [7, 11) is 0. The van der Waals surface area contributed by atoms with Crippen LogP contribution in [0.5, 0.6) is 0 Å². The maximum Gasteiger partial charge on any atom is 0.222 e. The number of likely N-dealkylation sites (tertiary alicyclic amines) is 1. The van der Waals surface area contributed by atoms with Crippen molar-refractivity contribution in [1.29, 1.82) is 0 Å². The van der Waals surface area contributed by atoms with E-state index in [1.165, 1.54) is 22.3 Å². The number of benzene rings is 1. The number of hydrogen-bond donors (Lipinski definition) is 1. The van der Waals surface area contributed by atoms with Crippen molar-refractivity contribution in [2.75, 3.05) is 29.4 Å². The minimum Gasteiger partial charge on any atom is -0.353 e. The summed E-state index contributed by atoms with van der Waals surface area (Å²) in [6.07, 6.45) is 4.36. The molecule has 7 nitrogen and oxygen atoms in total. The summed E-state index contributed by atoms with van der Waals surface area (Å²) in [6, 6.07) is 6.50. The number of piperidine rings is 1. The molecule has 2 aromatic rings. The first-order valence-corrected chi connectivity index (χ1v) is 11.0. The number of nitrogens with zero attached hydrogens (tertiary/aromatic N) is 5. The molecule has 2 atom stereocenters. The van der Waals surface area contributed by atoms with Gasteiger partial charge in [0.2, 0.25) is 5.91 Å². The van der Waals surface area contributed by atoms with E-state index in [2.05, 4.69) is 51.8 Å². The minimum absolute atomic E-state index is 0.0493. The second-order valence-corrected chi connectivity index (χ2v) is 8.93. The van der Waals surface area contributed by atoms with Gasteiger partial charge in [0.15, 0.2) is 0 Å². The number of rotatable bonds is 3. The topological polar surface area (TPSA) is 78.6 Å². The first-order chi connectivity index (χ1) is 14.5. The summed E-state index contributed by atoms with van der Waals surface area (Å²) in [5.41, 5.74) is 12.0. The molecule has 2 fully saturated rings. The van der Waals surface area contributed by atoms with Gasteiger partial charge in [-0.05, 0) is 48.9 Å². The summed E-state index contributed by atoms with van der Waals surface area (Å²) in [4.78, 5) is 28.0. The predicted octanol–water partition coefficient (Wildman–Crippen LogP) is 2.14. The van der Waals surface area contributed by atoms with E-state index in [9.17, 15) is 4.79 Å². The Morgan fingerprint density at radius 1 is 0.967 bits per heavy atom. The molecular formula is C23H30N6O. The van der Waals surface area contributed by atoms with Gasteiger partial charge >= 0.3 is 0 Å². The molecule has 0 spiro atoms. The fourth-order valence-electron chi connectivity index (χ4n) is 5.16. The van der Waals surface area contributed by atoms with Crippen molar-refractivity contribution >= 4 is 17.5 Å². The van der Waals surface area contributed by atoms with Gasteiger partial charge in [-0.2, -0.15) is 0 Å². The smallest absolute Gasteiger partial charge is 0.222 e. The Hall–Kier alpha value is -2.67. The highest BCUT2D eigenvalue weighted by molar-refractivity contribution is 5.77. The average Bonchev–Trinajstić information content (AvgIpc) is 3.37. The van der Waals surface area contributed by atoms with Crippen LogP contribution in [0.4, 0.5) is 11.6 Å². The summed E-state index contributed by atoms with van der Waals surface area (Å²) >= 11 is 0. The van der Waals surface area contributed by atoms with Crippen molar-refractivity contribution in [1.82, 2.24) is 14.9 Å². The molecule has 0 bridgehead atoms. The van der Waals surface area contributed by atoms with Gasteiger partial charge in [0.25, 0.3) is 0 Å². The molecule has 2 saturated heterocycles. The fraction of sp³-hybridized carbons (Fsp3) is 0.522. The normalized spacial score (nSPS) is 24.0. The van der Waals surface area contributed by atoms with Crippen molar-refractivity contribution in [3.05, 3.63) is 46.8 Å². The molecule has 3 aliphatic rings. The lowest BCUT2D eigenvalue weighted by molar-refractivity contribution is -0.135. The van der Waals surface area contributed by atoms with E-state index >= 15 is 0 Å². The highest BCUT2D eigenvalue weighted by Gasteiger charge is 2.38. The van der Waals surface area contributed by atoms with Crippen molar-refractivity contribution in [3.8, 4) is 0 Å². The number of anilines is 2. The number of carbonyl (C=O) groups is 1. The molecular weight excluding hydrogens is 376 g/mol. The highest BCUT2D eigenvalue weighted by Crippen LogP contribution is 2.33. The molecule has 0 radical (unpaired) electrons. The van der Waals surface area contributed by atoms with E-state index < -0.39 is 0 Å². The SMILES string of the molecule is Cc1ccc(C)c2c1CN(c1cc(N3CC(N)C(N4CCCCC4=O)C3)ncn1)C2. The van der Waals surface area contributed by atoms with Crippen molar-refractivity contribution in [3.63, 3.8) is 0 Å². The maximum absolute atomic E-state index is 12.4. The third-order valence-electron chi connectivity index (χ3n) is 6.98. The lowest BCUT2D eigenvalue weighted by Gasteiger charge is -2.34. The summed E-state index contributed by atoms with van der Waals surface area (Å²) < 4.78 is 0. The molecule has 5 rings (SSSR count). The summed E-state index contributed by atoms with van der Waals surface area (Å²) in [5.74, 6) is 2.08. The van der Waals surface area contributed by atoms with Crippen molar-refractivity contribution < 1.29 is 4.79 Å². The maximum atomic E-state index is 12.4. The Morgan fingerprint density at radius 2 is 1.63 bits per heavy atom. The van der Waals surface area contributed by atoms with E-state index in [0.29, 0.717) is 13.0 Å². The van der Waals surface area contributed by atoms with Crippen LogP contribution >= 0.6 is 0 Å². The standard InChI is InChI=1S/C23H30N6O/c1-15-6-7-16(2)18-11-27(10-17(15)18)21-9-22(26-14-25-21)28-12-19(24)20(13-28)29-8-4-3-5-23(29)30/h6-7,9,14,19-20H,3-5,8,10-13,24H2,1-2H3. The van der Waals surface area contributed by atoms with E-state index in [1.807, 2.05) is 4.90 Å². The lowest BCUT2D eigenvalue weighted by atomic mass is 10.0. The Labute approximate surface area is 177 Å². The average molecular weight is 407 g/mol. The summed E-state index contributed by atoms with van der Waals surface area (Å²) in [6.45, 7) is 8.39. The molecule has 0 saturated carbocycles. The van der Waals surface area contributed by atoms with Crippen molar-refractivity contribution in [2.45, 2.75) is 58.3 Å². The Kier molecular flexibility index (Phi) is 4.85. The predicted molar refractivity (Wildman–Crippen MR) is 117 cm³/mol. The van der Waals surface area contributed by atoms with Gasteiger partial charge in [-0.1, -0.05) is 12.1 Å². The second-order valence-electron chi connectivity index (χ2n) is 8.93. The number of nitrogens with two attached hydrogens (primary N) is 1. The molecule has 1 amide bonds. The first-order valence-electron chi connectivity index (χ1n) is 11.0. The van der Waals surface area contributed by atoms with Crippen LogP contribution in [0.3, 0.4) is 0 Å². The number of aromatic nitrogens is 2. The lowest BCUT2D eigenvalue weighted by Crippen LogP contribution is -2.51. The van der Waals surface area contributed by atoms with Crippen LogP contribution in [-0.4, -0.2) is 52.5 Å². The van der Waals surface area contributed by atoms with Gasteiger partial charge < -0.3 is 20.4 Å². The molecule has 1 aromatic carbocycles. The summed E-state index contributed by atoms with van der Waals surface area (Å²) in [5, 5.41) is 0.